The van der Waals surface area contributed by atoms with Gasteiger partial charge in [-0.05, 0) is 6.42 Å². The van der Waals surface area contributed by atoms with Crippen LogP contribution in [0.5, 0.6) is 0 Å². The summed E-state index contributed by atoms with van der Waals surface area (Å²) in [5.41, 5.74) is 14.4. The number of rotatable bonds is 0. The van der Waals surface area contributed by atoms with Gasteiger partial charge < -0.3 is 11.5 Å². The molecule has 0 bridgehead atoms. The molecule has 1 aliphatic carbocycles. The maximum atomic E-state index is 10.6. The van der Waals surface area contributed by atoms with Crippen LogP contribution >= 0.6 is 37.7 Å². The van der Waals surface area contributed by atoms with Gasteiger partial charge in [-0.1, -0.05) is 6.42 Å². The Morgan fingerprint density at radius 2 is 1.57 bits per heavy atom. The van der Waals surface area contributed by atoms with Gasteiger partial charge in [-0.3, -0.25) is 4.79 Å². The third-order valence-corrected chi connectivity index (χ3v) is 1.67. The van der Waals surface area contributed by atoms with Crippen LogP contribution in [0.25, 0.3) is 11.5 Å². The molecule has 0 heterocycles. The van der Waals surface area contributed by atoms with E-state index in [2.05, 4.69) is 0 Å². The van der Waals surface area contributed by atoms with Gasteiger partial charge in [-0.2, -0.15) is 6.04 Å². The topological polar surface area (TPSA) is 64.7 Å². The van der Waals surface area contributed by atoms with Crippen LogP contribution in [0.3, 0.4) is 0 Å². The summed E-state index contributed by atoms with van der Waals surface area (Å²) in [7, 11) is 20.0. The van der Waals surface area contributed by atoms with Gasteiger partial charge >= 0.3 is 49.6 Å². The molecule has 0 radical (unpaired) electrons. The standard InChI is InChI=1S/C6H10N2O.4ClH.Pt/c7-5-2-1-4(9)3-6(5)8;;;;;/h5-8H,1-3H2;4*1H;/q-2;;;;;+6/p-4. The van der Waals surface area contributed by atoms with Crippen molar-refractivity contribution in [2.75, 3.05) is 0 Å². The van der Waals surface area contributed by atoms with Crippen molar-refractivity contribution in [2.24, 2.45) is 0 Å². The summed E-state index contributed by atoms with van der Waals surface area (Å²) in [6.07, 6.45) is 1.41. The van der Waals surface area contributed by atoms with Gasteiger partial charge in [0.25, 0.3) is 0 Å². The number of carbonyl (C=O) groups excluding carboxylic acids is 1. The average molecular weight is 463 g/mol. The van der Waals surface area contributed by atoms with Gasteiger partial charge in [0, 0.05) is 6.42 Å². The molecule has 0 amide bonds. The number of hydrogen-bond donors (Lipinski definition) is 0. The van der Waals surface area contributed by atoms with Gasteiger partial charge in [0.15, 0.2) is 0 Å². The van der Waals surface area contributed by atoms with E-state index in [0.29, 0.717) is 19.3 Å². The first-order chi connectivity index (χ1) is 6.20. The molecular formula is C6H10Cl4N2OPt. The van der Waals surface area contributed by atoms with Gasteiger partial charge in [-0.15, -0.1) is 6.04 Å². The van der Waals surface area contributed by atoms with Crippen LogP contribution in [-0.4, -0.2) is 17.9 Å². The van der Waals surface area contributed by atoms with Crippen molar-refractivity contribution in [2.45, 2.75) is 31.3 Å². The predicted octanol–water partition coefficient (Wildman–Crippen LogP) is 4.34. The summed E-state index contributed by atoms with van der Waals surface area (Å²) in [5.74, 6) is 0.151. The Bertz CT molecular complexity index is 193. The van der Waals surface area contributed by atoms with Crippen LogP contribution in [0.2, 0.25) is 0 Å². The first-order valence-electron chi connectivity index (χ1n) is 3.62. The second kappa shape index (κ2) is 6.90. The fourth-order valence-electron chi connectivity index (χ4n) is 1.01. The van der Waals surface area contributed by atoms with Gasteiger partial charge in [0.05, 0.1) is 0 Å². The molecule has 88 valence electrons. The summed E-state index contributed by atoms with van der Waals surface area (Å²) in [4.78, 5) is 10.6. The number of carbonyl (C=O) groups is 1. The van der Waals surface area contributed by atoms with Crippen LogP contribution in [0.4, 0.5) is 0 Å². The van der Waals surface area contributed by atoms with Crippen molar-refractivity contribution < 1.29 is 16.7 Å². The Morgan fingerprint density at radius 3 is 1.86 bits per heavy atom. The smallest absolute Gasteiger partial charge is 0.131 e. The zero-order valence-electron chi connectivity index (χ0n) is 7.01. The van der Waals surface area contributed by atoms with Gasteiger partial charge in [-0.25, -0.2) is 0 Å². The largest absolute Gasteiger partial charge is 0.676 e. The zero-order chi connectivity index (χ0) is 11.4. The van der Waals surface area contributed by atoms with E-state index in [0.717, 1.165) is 0 Å². The molecule has 8 heteroatoms. The molecule has 14 heavy (non-hydrogen) atoms. The fourth-order valence-corrected chi connectivity index (χ4v) is 1.01. The monoisotopic (exact) mass is 461 g/mol. The van der Waals surface area contributed by atoms with Crippen LogP contribution in [-0.2, 0) is 16.7 Å². The minimum Gasteiger partial charge on any atom is -0.676 e. The minimum absolute atomic E-state index is 0.151. The summed E-state index contributed by atoms with van der Waals surface area (Å²) in [6, 6.07) is -0.769. The predicted molar refractivity (Wildman–Crippen MR) is 58.5 cm³/mol. The number of halogens is 4. The van der Waals surface area contributed by atoms with E-state index in [1.165, 1.54) is 0 Å². The molecule has 1 saturated carbocycles. The summed E-state index contributed by atoms with van der Waals surface area (Å²) < 4.78 is 0. The molecule has 0 aromatic carbocycles. The van der Waals surface area contributed by atoms with Crippen molar-refractivity contribution in [3.8, 4) is 0 Å². The molecule has 1 fully saturated rings. The SMILES string of the molecule is [Cl][Pt+2]([Cl])([Cl])[Cl].[NH-]C1CCC(=O)CC1[NH-]. The second-order valence-corrected chi connectivity index (χ2v) is 22.5. The molecule has 0 aromatic heterocycles. The first-order valence-corrected chi connectivity index (χ1v) is 14.9. The Morgan fingerprint density at radius 1 is 1.14 bits per heavy atom. The number of hydrogen-bond acceptors (Lipinski definition) is 1. The zero-order valence-corrected chi connectivity index (χ0v) is 12.3. The molecule has 2 N–H and O–H groups in total. The van der Waals surface area contributed by atoms with E-state index in [9.17, 15) is 4.79 Å². The molecule has 2 unspecified atom stereocenters. The van der Waals surface area contributed by atoms with E-state index in [1.807, 2.05) is 0 Å². The van der Waals surface area contributed by atoms with Crippen LogP contribution in [0, 0.1) is 0 Å². The van der Waals surface area contributed by atoms with Crippen LogP contribution in [0.1, 0.15) is 19.3 Å². The Labute approximate surface area is 102 Å². The second-order valence-electron chi connectivity index (χ2n) is 2.77. The summed E-state index contributed by atoms with van der Waals surface area (Å²) in [6.45, 7) is 0. The molecule has 0 aliphatic heterocycles. The Balaban J connectivity index is 0.000000292. The normalized spacial score (nSPS) is 29.1. The molecule has 1 aliphatic rings. The summed E-state index contributed by atoms with van der Waals surface area (Å²) >= 11 is -3.06. The molecule has 2 atom stereocenters. The van der Waals surface area contributed by atoms with Crippen molar-refractivity contribution in [3.05, 3.63) is 11.5 Å². The Hall–Kier alpha value is 1.44. The van der Waals surface area contributed by atoms with E-state index in [1.54, 1.807) is 0 Å². The maximum absolute atomic E-state index is 10.6. The van der Waals surface area contributed by atoms with E-state index in [4.69, 9.17) is 49.1 Å². The third kappa shape index (κ3) is 9.97. The molecule has 0 spiro atoms. The van der Waals surface area contributed by atoms with E-state index in [-0.39, 0.29) is 11.8 Å². The summed E-state index contributed by atoms with van der Waals surface area (Å²) in [5, 5.41) is 0. The first kappa shape index (κ1) is 15.4. The molecular weight excluding hydrogens is 453 g/mol. The van der Waals surface area contributed by atoms with Crippen molar-refractivity contribution in [3.63, 3.8) is 0 Å². The quantitative estimate of drug-likeness (QED) is 0.528. The molecule has 0 saturated heterocycles. The van der Waals surface area contributed by atoms with Crippen LogP contribution in [0.15, 0.2) is 0 Å². The minimum atomic E-state index is -3.06. The van der Waals surface area contributed by atoms with E-state index >= 15 is 0 Å². The molecule has 1 rings (SSSR count). The fraction of sp³-hybridized carbons (Fsp3) is 0.833. The number of nitrogens with one attached hydrogen (secondary N) is 2. The number of Topliss-reactive ketones (excluding diaryl/α,β-unsaturated/α-hetero) is 1. The van der Waals surface area contributed by atoms with Crippen molar-refractivity contribution in [1.29, 1.82) is 0 Å². The van der Waals surface area contributed by atoms with E-state index < -0.39 is 17.9 Å². The number of ketones is 1. The van der Waals surface area contributed by atoms with Crippen molar-refractivity contribution in [1.82, 2.24) is 0 Å². The van der Waals surface area contributed by atoms with Gasteiger partial charge in [0.2, 0.25) is 0 Å². The maximum Gasteiger partial charge on any atom is 0.131 e. The van der Waals surface area contributed by atoms with Gasteiger partial charge in [0.1, 0.15) is 5.78 Å². The molecule has 3 nitrogen and oxygen atoms in total. The van der Waals surface area contributed by atoms with Crippen molar-refractivity contribution >= 4 is 43.5 Å². The van der Waals surface area contributed by atoms with Crippen LogP contribution < -0.4 is 0 Å². The molecule has 0 aromatic rings. The third-order valence-electron chi connectivity index (χ3n) is 1.67. The Kier molecular flexibility index (Phi) is 7.61. The average Bonchev–Trinajstić information content (AvgIpc) is 1.94.